The van der Waals surface area contributed by atoms with Crippen molar-refractivity contribution in [3.63, 3.8) is 0 Å². The second kappa shape index (κ2) is 10.8. The summed E-state index contributed by atoms with van der Waals surface area (Å²) in [5.74, 6) is -0.697. The zero-order valence-corrected chi connectivity index (χ0v) is 22.3. The third-order valence-electron chi connectivity index (χ3n) is 6.52. The Labute approximate surface area is 221 Å². The van der Waals surface area contributed by atoms with E-state index in [-0.39, 0.29) is 17.1 Å². The van der Waals surface area contributed by atoms with Gasteiger partial charge in [0.25, 0.3) is 5.91 Å². The quantitative estimate of drug-likeness (QED) is 0.320. The minimum Gasteiger partial charge on any atom is -0.494 e. The SMILES string of the molecule is CCOc1ccc(N2C(=O)/C(=C\c3cc(C)n(-c4ccccc4C(=O)OC)c3C)C(C(=O)OC)=C2C)cc1. The van der Waals surface area contributed by atoms with E-state index >= 15 is 0 Å². The molecule has 1 amide bonds. The molecule has 0 saturated heterocycles. The van der Waals surface area contributed by atoms with Gasteiger partial charge in [0.05, 0.1) is 43.2 Å². The van der Waals surface area contributed by atoms with Crippen molar-refractivity contribution >= 4 is 29.6 Å². The fourth-order valence-corrected chi connectivity index (χ4v) is 4.76. The summed E-state index contributed by atoms with van der Waals surface area (Å²) in [4.78, 5) is 40.5. The Bertz CT molecular complexity index is 1480. The molecule has 0 fully saturated rings. The average molecular weight is 515 g/mol. The first-order chi connectivity index (χ1) is 18.2. The molecule has 1 aliphatic rings. The molecule has 2 aromatic carbocycles. The van der Waals surface area contributed by atoms with Gasteiger partial charge in [-0.1, -0.05) is 12.1 Å². The minimum atomic E-state index is -0.597. The third-order valence-corrected chi connectivity index (χ3v) is 6.52. The summed E-state index contributed by atoms with van der Waals surface area (Å²) in [6, 6.07) is 16.2. The number of aryl methyl sites for hydroxylation is 1. The molecule has 2 heterocycles. The highest BCUT2D eigenvalue weighted by Crippen LogP contribution is 2.37. The van der Waals surface area contributed by atoms with Gasteiger partial charge in [0.15, 0.2) is 0 Å². The summed E-state index contributed by atoms with van der Waals surface area (Å²) in [5, 5.41) is 0. The number of ether oxygens (including phenoxy) is 3. The highest BCUT2D eigenvalue weighted by Gasteiger charge is 2.38. The molecule has 0 atom stereocenters. The van der Waals surface area contributed by atoms with Crippen LogP contribution in [0.15, 0.2) is 71.4 Å². The number of methoxy groups -OCH3 is 2. The molecule has 0 radical (unpaired) electrons. The number of esters is 2. The fourth-order valence-electron chi connectivity index (χ4n) is 4.76. The zero-order chi connectivity index (χ0) is 27.6. The van der Waals surface area contributed by atoms with Gasteiger partial charge in [0.2, 0.25) is 0 Å². The first-order valence-corrected chi connectivity index (χ1v) is 12.2. The molecule has 0 saturated carbocycles. The number of anilines is 1. The van der Waals surface area contributed by atoms with Gasteiger partial charge in [-0.25, -0.2) is 9.59 Å². The van der Waals surface area contributed by atoms with Crippen molar-refractivity contribution in [1.29, 1.82) is 0 Å². The lowest BCUT2D eigenvalue weighted by Gasteiger charge is -2.18. The number of carbonyl (C=O) groups is 3. The van der Waals surface area contributed by atoms with E-state index in [1.165, 1.54) is 19.1 Å². The molecule has 1 aromatic heterocycles. The van der Waals surface area contributed by atoms with Crippen LogP contribution in [0.4, 0.5) is 5.69 Å². The van der Waals surface area contributed by atoms with Gasteiger partial charge in [-0.2, -0.15) is 0 Å². The average Bonchev–Trinajstić information content (AvgIpc) is 3.34. The second-order valence-corrected chi connectivity index (χ2v) is 8.75. The van der Waals surface area contributed by atoms with Gasteiger partial charge in [-0.15, -0.1) is 0 Å². The van der Waals surface area contributed by atoms with E-state index in [2.05, 4.69) is 0 Å². The van der Waals surface area contributed by atoms with Crippen LogP contribution in [0.2, 0.25) is 0 Å². The molecule has 38 heavy (non-hydrogen) atoms. The van der Waals surface area contributed by atoms with Crippen LogP contribution in [0.1, 0.15) is 41.2 Å². The minimum absolute atomic E-state index is 0.200. The van der Waals surface area contributed by atoms with Gasteiger partial charge < -0.3 is 18.8 Å². The van der Waals surface area contributed by atoms with Gasteiger partial charge in [0.1, 0.15) is 5.75 Å². The number of benzene rings is 2. The maximum atomic E-state index is 13.7. The molecule has 0 unspecified atom stereocenters. The smallest absolute Gasteiger partial charge is 0.340 e. The van der Waals surface area contributed by atoms with Gasteiger partial charge >= 0.3 is 11.9 Å². The van der Waals surface area contributed by atoms with Crippen LogP contribution in [0.5, 0.6) is 5.75 Å². The van der Waals surface area contributed by atoms with Crippen LogP contribution in [0.3, 0.4) is 0 Å². The van der Waals surface area contributed by atoms with Crippen molar-refractivity contribution in [3.8, 4) is 11.4 Å². The molecule has 0 aliphatic carbocycles. The Morgan fingerprint density at radius 3 is 2.21 bits per heavy atom. The van der Waals surface area contributed by atoms with E-state index in [0.29, 0.717) is 35.0 Å². The zero-order valence-electron chi connectivity index (χ0n) is 22.3. The Morgan fingerprint density at radius 1 is 0.921 bits per heavy atom. The van der Waals surface area contributed by atoms with E-state index in [1.807, 2.05) is 43.5 Å². The number of amides is 1. The molecule has 196 valence electrons. The normalized spacial score (nSPS) is 14.3. The van der Waals surface area contributed by atoms with Crippen molar-refractivity contribution < 1.29 is 28.6 Å². The van der Waals surface area contributed by atoms with Crippen LogP contribution in [0, 0.1) is 13.8 Å². The lowest BCUT2D eigenvalue weighted by molar-refractivity contribution is -0.136. The maximum Gasteiger partial charge on any atom is 0.340 e. The first kappa shape index (κ1) is 26.5. The van der Waals surface area contributed by atoms with Crippen LogP contribution < -0.4 is 9.64 Å². The Kier molecular flexibility index (Phi) is 7.52. The standard InChI is InChI=1S/C30H30N2O6/c1-7-38-23-14-12-22(13-15-23)32-20(4)27(30(35)37-6)25(28(32)33)17-21-16-18(2)31(19(21)3)26-11-9-8-10-24(26)29(34)36-5/h8-17H,7H2,1-6H3/b25-17-. The number of hydrogen-bond donors (Lipinski definition) is 0. The predicted molar refractivity (Wildman–Crippen MR) is 144 cm³/mol. The molecule has 0 spiro atoms. The monoisotopic (exact) mass is 514 g/mol. The predicted octanol–water partition coefficient (Wildman–Crippen LogP) is 5.16. The number of hydrogen-bond acceptors (Lipinski definition) is 6. The molecule has 1 aliphatic heterocycles. The van der Waals surface area contributed by atoms with Gasteiger partial charge in [-0.05, 0) is 81.8 Å². The highest BCUT2D eigenvalue weighted by molar-refractivity contribution is 6.23. The van der Waals surface area contributed by atoms with Crippen LogP contribution in [-0.2, 0) is 19.1 Å². The number of nitrogens with zero attached hydrogens (tertiary/aromatic N) is 2. The Hall–Kier alpha value is -4.59. The molecular formula is C30H30N2O6. The van der Waals surface area contributed by atoms with Gasteiger partial charge in [-0.3, -0.25) is 9.69 Å². The summed E-state index contributed by atoms with van der Waals surface area (Å²) in [7, 11) is 2.63. The van der Waals surface area contributed by atoms with Crippen LogP contribution >= 0.6 is 0 Å². The van der Waals surface area contributed by atoms with E-state index in [1.54, 1.807) is 49.4 Å². The lowest BCUT2D eigenvalue weighted by Crippen LogP contribution is -2.24. The van der Waals surface area contributed by atoms with Crippen molar-refractivity contribution in [1.82, 2.24) is 4.57 Å². The summed E-state index contributed by atoms with van der Waals surface area (Å²) in [5.41, 5.74) is 4.96. The molecular weight excluding hydrogens is 484 g/mol. The van der Waals surface area contributed by atoms with E-state index < -0.39 is 11.9 Å². The Morgan fingerprint density at radius 2 is 1.58 bits per heavy atom. The van der Waals surface area contributed by atoms with E-state index in [9.17, 15) is 14.4 Å². The van der Waals surface area contributed by atoms with Crippen LogP contribution in [0.25, 0.3) is 11.8 Å². The number of para-hydroxylation sites is 1. The maximum absolute atomic E-state index is 13.7. The van der Waals surface area contributed by atoms with Crippen molar-refractivity contribution in [2.75, 3.05) is 25.7 Å². The van der Waals surface area contributed by atoms with Gasteiger partial charge in [0, 0.05) is 22.8 Å². The summed E-state index contributed by atoms with van der Waals surface area (Å²) in [6.07, 6.45) is 1.70. The van der Waals surface area contributed by atoms with Crippen molar-refractivity contribution in [2.24, 2.45) is 0 Å². The van der Waals surface area contributed by atoms with Crippen LogP contribution in [-0.4, -0.2) is 43.2 Å². The molecule has 0 bridgehead atoms. The van der Waals surface area contributed by atoms with E-state index in [4.69, 9.17) is 14.2 Å². The lowest BCUT2D eigenvalue weighted by atomic mass is 10.0. The largest absolute Gasteiger partial charge is 0.494 e. The fraction of sp³-hybridized carbons (Fsp3) is 0.233. The number of allylic oxidation sites excluding steroid dienone is 1. The number of rotatable bonds is 7. The summed E-state index contributed by atoms with van der Waals surface area (Å²) < 4.78 is 17.5. The topological polar surface area (TPSA) is 87.1 Å². The highest BCUT2D eigenvalue weighted by atomic mass is 16.5. The number of aromatic nitrogens is 1. The summed E-state index contributed by atoms with van der Waals surface area (Å²) in [6.45, 7) is 7.95. The number of carbonyl (C=O) groups excluding carboxylic acids is 3. The molecule has 3 aromatic rings. The summed E-state index contributed by atoms with van der Waals surface area (Å²) >= 11 is 0. The third kappa shape index (κ3) is 4.61. The first-order valence-electron chi connectivity index (χ1n) is 12.2. The molecule has 8 heteroatoms. The molecule has 0 N–H and O–H groups in total. The molecule has 8 nitrogen and oxygen atoms in total. The molecule has 4 rings (SSSR count). The van der Waals surface area contributed by atoms with Crippen molar-refractivity contribution in [2.45, 2.75) is 27.7 Å². The van der Waals surface area contributed by atoms with Crippen molar-refractivity contribution in [3.05, 3.63) is 94.0 Å². The Balaban J connectivity index is 1.82. The van der Waals surface area contributed by atoms with E-state index in [0.717, 1.165) is 17.0 Å². The second-order valence-electron chi connectivity index (χ2n) is 8.75.